The maximum absolute atomic E-state index is 11.2. The number of carbonyl (C=O) groups is 1. The Labute approximate surface area is 99.7 Å². The van der Waals surface area contributed by atoms with Crippen molar-refractivity contribution in [1.29, 1.82) is 0 Å². The number of aromatic nitrogens is 1. The molecule has 2 aromatic rings. The summed E-state index contributed by atoms with van der Waals surface area (Å²) >= 11 is 0. The molecule has 0 saturated carbocycles. The van der Waals surface area contributed by atoms with E-state index >= 15 is 0 Å². The molecule has 17 heavy (non-hydrogen) atoms. The SMILES string of the molecule is Cc1c(CCN)c2cccc(C(=O)O)c2n1C. The minimum Gasteiger partial charge on any atom is -0.478 e. The summed E-state index contributed by atoms with van der Waals surface area (Å²) in [4.78, 5) is 11.2. The second-order valence-corrected chi connectivity index (χ2v) is 4.17. The zero-order chi connectivity index (χ0) is 12.6. The average Bonchev–Trinajstić information content (AvgIpc) is 2.55. The zero-order valence-corrected chi connectivity index (χ0v) is 10.0. The monoisotopic (exact) mass is 232 g/mol. The number of para-hydroxylation sites is 1. The topological polar surface area (TPSA) is 68.2 Å². The molecule has 4 heteroatoms. The molecular formula is C13H16N2O2. The van der Waals surface area contributed by atoms with Gasteiger partial charge >= 0.3 is 5.97 Å². The minimum atomic E-state index is -0.893. The maximum atomic E-state index is 11.2. The van der Waals surface area contributed by atoms with Crippen molar-refractivity contribution in [3.05, 3.63) is 35.0 Å². The number of hydrogen-bond acceptors (Lipinski definition) is 2. The van der Waals surface area contributed by atoms with Crippen LogP contribution in [0.4, 0.5) is 0 Å². The standard InChI is InChI=1S/C13H16N2O2/c1-8-9(6-7-14)10-4-3-5-11(13(16)17)12(10)15(8)2/h3-5H,6-7,14H2,1-2H3,(H,16,17). The highest BCUT2D eigenvalue weighted by Crippen LogP contribution is 2.27. The molecule has 0 aliphatic rings. The summed E-state index contributed by atoms with van der Waals surface area (Å²) in [6.07, 6.45) is 0.770. The smallest absolute Gasteiger partial charge is 0.337 e. The third kappa shape index (κ3) is 1.70. The zero-order valence-electron chi connectivity index (χ0n) is 10.0. The van der Waals surface area contributed by atoms with Crippen LogP contribution in [0, 0.1) is 6.92 Å². The van der Waals surface area contributed by atoms with Gasteiger partial charge in [0.05, 0.1) is 11.1 Å². The first kappa shape index (κ1) is 11.7. The van der Waals surface area contributed by atoms with E-state index in [1.54, 1.807) is 12.1 Å². The number of hydrogen-bond donors (Lipinski definition) is 2. The average molecular weight is 232 g/mol. The summed E-state index contributed by atoms with van der Waals surface area (Å²) in [5.74, 6) is -0.893. The van der Waals surface area contributed by atoms with E-state index in [-0.39, 0.29) is 0 Å². The lowest BCUT2D eigenvalue weighted by molar-refractivity contribution is 0.0698. The van der Waals surface area contributed by atoms with Crippen molar-refractivity contribution in [2.24, 2.45) is 12.8 Å². The molecule has 0 radical (unpaired) electrons. The highest BCUT2D eigenvalue weighted by atomic mass is 16.4. The van der Waals surface area contributed by atoms with Gasteiger partial charge in [0.15, 0.2) is 0 Å². The summed E-state index contributed by atoms with van der Waals surface area (Å²) in [7, 11) is 1.89. The molecule has 4 nitrogen and oxygen atoms in total. The predicted molar refractivity (Wildman–Crippen MR) is 67.4 cm³/mol. The summed E-state index contributed by atoms with van der Waals surface area (Å²) in [6.45, 7) is 2.56. The molecule has 0 fully saturated rings. The number of carboxylic acid groups (broad SMARTS) is 1. The van der Waals surface area contributed by atoms with E-state index in [1.807, 2.05) is 24.6 Å². The van der Waals surface area contributed by atoms with Crippen LogP contribution in [0.2, 0.25) is 0 Å². The largest absolute Gasteiger partial charge is 0.478 e. The Morgan fingerprint density at radius 1 is 1.47 bits per heavy atom. The van der Waals surface area contributed by atoms with Crippen LogP contribution in [0.15, 0.2) is 18.2 Å². The molecule has 0 unspecified atom stereocenters. The van der Waals surface area contributed by atoms with E-state index in [0.717, 1.165) is 28.6 Å². The highest BCUT2D eigenvalue weighted by Gasteiger charge is 2.16. The lowest BCUT2D eigenvalue weighted by Crippen LogP contribution is -2.04. The van der Waals surface area contributed by atoms with Crippen molar-refractivity contribution in [2.75, 3.05) is 6.54 Å². The Morgan fingerprint density at radius 3 is 2.76 bits per heavy atom. The Hall–Kier alpha value is -1.81. The molecule has 0 amide bonds. The number of nitrogens with zero attached hydrogens (tertiary/aromatic N) is 1. The van der Waals surface area contributed by atoms with E-state index in [9.17, 15) is 9.90 Å². The van der Waals surface area contributed by atoms with Gasteiger partial charge in [-0.15, -0.1) is 0 Å². The second-order valence-electron chi connectivity index (χ2n) is 4.17. The molecule has 1 aromatic carbocycles. The quantitative estimate of drug-likeness (QED) is 0.846. The van der Waals surface area contributed by atoms with Crippen molar-refractivity contribution in [3.8, 4) is 0 Å². The Bertz CT molecular complexity index is 585. The number of benzene rings is 1. The number of aryl methyl sites for hydroxylation is 1. The normalized spacial score (nSPS) is 11.0. The van der Waals surface area contributed by atoms with Gasteiger partial charge in [0.2, 0.25) is 0 Å². The second kappa shape index (κ2) is 4.22. The molecule has 1 aromatic heterocycles. The van der Waals surface area contributed by atoms with Gasteiger partial charge in [-0.2, -0.15) is 0 Å². The van der Waals surface area contributed by atoms with Crippen LogP contribution in [-0.4, -0.2) is 22.2 Å². The van der Waals surface area contributed by atoms with Crippen LogP contribution in [0.25, 0.3) is 10.9 Å². The fourth-order valence-electron chi connectivity index (χ4n) is 2.35. The molecule has 0 atom stereocenters. The van der Waals surface area contributed by atoms with Crippen molar-refractivity contribution in [2.45, 2.75) is 13.3 Å². The number of rotatable bonds is 3. The van der Waals surface area contributed by atoms with Crippen molar-refractivity contribution < 1.29 is 9.90 Å². The first-order valence-electron chi connectivity index (χ1n) is 5.58. The minimum absolute atomic E-state index is 0.344. The summed E-state index contributed by atoms with van der Waals surface area (Å²) in [5, 5.41) is 10.2. The fourth-order valence-corrected chi connectivity index (χ4v) is 2.35. The molecule has 1 heterocycles. The molecule has 0 bridgehead atoms. The van der Waals surface area contributed by atoms with Crippen LogP contribution >= 0.6 is 0 Å². The first-order chi connectivity index (χ1) is 8.07. The van der Waals surface area contributed by atoms with E-state index in [0.29, 0.717) is 12.1 Å². The number of aromatic carboxylic acids is 1. The first-order valence-corrected chi connectivity index (χ1v) is 5.58. The molecule has 0 aliphatic carbocycles. The number of fused-ring (bicyclic) bond motifs is 1. The maximum Gasteiger partial charge on any atom is 0.337 e. The Kier molecular flexibility index (Phi) is 2.90. The van der Waals surface area contributed by atoms with Gasteiger partial charge in [0.25, 0.3) is 0 Å². The van der Waals surface area contributed by atoms with Gasteiger partial charge in [-0.05, 0) is 31.5 Å². The van der Waals surface area contributed by atoms with Crippen molar-refractivity contribution in [3.63, 3.8) is 0 Å². The van der Waals surface area contributed by atoms with Gasteiger partial charge in [0, 0.05) is 18.1 Å². The third-order valence-electron chi connectivity index (χ3n) is 3.26. The van der Waals surface area contributed by atoms with E-state index in [1.165, 1.54) is 0 Å². The van der Waals surface area contributed by atoms with Crippen LogP contribution in [0.3, 0.4) is 0 Å². The molecule has 0 spiro atoms. The molecular weight excluding hydrogens is 216 g/mol. The van der Waals surface area contributed by atoms with Crippen LogP contribution < -0.4 is 5.73 Å². The van der Waals surface area contributed by atoms with E-state index in [4.69, 9.17) is 5.73 Å². The lowest BCUT2D eigenvalue weighted by Gasteiger charge is -2.02. The summed E-state index contributed by atoms with van der Waals surface area (Å²) in [5.41, 5.74) is 8.95. The molecule has 90 valence electrons. The Morgan fingerprint density at radius 2 is 2.18 bits per heavy atom. The molecule has 2 rings (SSSR count). The molecule has 0 saturated heterocycles. The van der Waals surface area contributed by atoms with Crippen LogP contribution in [0.5, 0.6) is 0 Å². The van der Waals surface area contributed by atoms with Gasteiger partial charge in [0.1, 0.15) is 0 Å². The summed E-state index contributed by atoms with van der Waals surface area (Å²) < 4.78 is 1.93. The van der Waals surface area contributed by atoms with Crippen molar-refractivity contribution in [1.82, 2.24) is 4.57 Å². The van der Waals surface area contributed by atoms with E-state index < -0.39 is 5.97 Å². The predicted octanol–water partition coefficient (Wildman–Crippen LogP) is 1.69. The summed E-state index contributed by atoms with van der Waals surface area (Å²) in [6, 6.07) is 5.38. The van der Waals surface area contributed by atoms with Gasteiger partial charge in [-0.3, -0.25) is 0 Å². The van der Waals surface area contributed by atoms with Gasteiger partial charge in [-0.1, -0.05) is 12.1 Å². The van der Waals surface area contributed by atoms with Crippen LogP contribution in [-0.2, 0) is 13.5 Å². The highest BCUT2D eigenvalue weighted by molar-refractivity contribution is 6.03. The lowest BCUT2D eigenvalue weighted by atomic mass is 10.1. The molecule has 3 N–H and O–H groups in total. The number of carboxylic acids is 1. The van der Waals surface area contributed by atoms with Gasteiger partial charge < -0.3 is 15.4 Å². The van der Waals surface area contributed by atoms with E-state index in [2.05, 4.69) is 0 Å². The number of nitrogens with two attached hydrogens (primary N) is 1. The molecule has 0 aliphatic heterocycles. The van der Waals surface area contributed by atoms with Crippen LogP contribution in [0.1, 0.15) is 21.6 Å². The van der Waals surface area contributed by atoms with Gasteiger partial charge in [-0.25, -0.2) is 4.79 Å². The van der Waals surface area contributed by atoms with Crippen molar-refractivity contribution >= 4 is 16.9 Å². The third-order valence-corrected chi connectivity index (χ3v) is 3.26. The fraction of sp³-hybridized carbons (Fsp3) is 0.308. The Balaban J connectivity index is 2.84.